The van der Waals surface area contributed by atoms with E-state index in [9.17, 15) is 8.42 Å². The number of aromatic nitrogens is 2. The van der Waals surface area contributed by atoms with Gasteiger partial charge in [-0.1, -0.05) is 22.8 Å². The number of halogens is 1. The molecule has 0 unspecified atom stereocenters. The molecule has 9 heteroatoms. The zero-order chi connectivity index (χ0) is 15.3. The second kappa shape index (κ2) is 6.99. The molecule has 0 aliphatic heterocycles. The molecule has 0 saturated carbocycles. The first-order chi connectivity index (χ1) is 10.0. The summed E-state index contributed by atoms with van der Waals surface area (Å²) in [5.41, 5.74) is 0.838. The third-order valence-corrected chi connectivity index (χ3v) is 4.56. The summed E-state index contributed by atoms with van der Waals surface area (Å²) >= 11 is 6.06. The molecule has 114 valence electrons. The molecule has 1 heterocycles. The average molecular weight is 331 g/mol. The van der Waals surface area contributed by atoms with Crippen molar-refractivity contribution in [1.29, 1.82) is 0 Å². The standard InChI is InChI=1S/C12H15ClN4O3S/c1-14-7-9-2-3-10(6-11(9)13)21(18,19)16-5-4-12-15-8-20-17-12/h2-3,6,8,14,16H,4-5,7H2,1H3. The lowest BCUT2D eigenvalue weighted by molar-refractivity contribution is 0.410. The highest BCUT2D eigenvalue weighted by Gasteiger charge is 2.15. The molecular formula is C12H15ClN4O3S. The molecule has 0 aliphatic carbocycles. The number of hydrogen-bond donors (Lipinski definition) is 2. The van der Waals surface area contributed by atoms with Crippen LogP contribution in [0.25, 0.3) is 0 Å². The molecule has 0 fully saturated rings. The average Bonchev–Trinajstić information content (AvgIpc) is 2.94. The summed E-state index contributed by atoms with van der Waals surface area (Å²) in [4.78, 5) is 3.94. The quantitative estimate of drug-likeness (QED) is 0.785. The van der Waals surface area contributed by atoms with Crippen molar-refractivity contribution in [2.75, 3.05) is 13.6 Å². The van der Waals surface area contributed by atoms with Gasteiger partial charge in [0.15, 0.2) is 5.82 Å². The number of sulfonamides is 1. The SMILES string of the molecule is CNCc1ccc(S(=O)(=O)NCCc2ncon2)cc1Cl. The van der Waals surface area contributed by atoms with Crippen LogP contribution in [0, 0.1) is 0 Å². The van der Waals surface area contributed by atoms with E-state index in [4.69, 9.17) is 11.6 Å². The Labute approximate surface area is 127 Å². The van der Waals surface area contributed by atoms with Crippen LogP contribution in [-0.2, 0) is 23.0 Å². The van der Waals surface area contributed by atoms with Crippen molar-refractivity contribution in [3.63, 3.8) is 0 Å². The molecule has 0 radical (unpaired) electrons. The third kappa shape index (κ3) is 4.24. The molecule has 2 rings (SSSR count). The Balaban J connectivity index is 2.03. The number of nitrogens with one attached hydrogen (secondary N) is 2. The first-order valence-corrected chi connectivity index (χ1v) is 8.07. The molecule has 0 spiro atoms. The fourth-order valence-corrected chi connectivity index (χ4v) is 3.08. The maximum Gasteiger partial charge on any atom is 0.240 e. The van der Waals surface area contributed by atoms with Crippen molar-refractivity contribution in [3.8, 4) is 0 Å². The fraction of sp³-hybridized carbons (Fsp3) is 0.333. The Morgan fingerprint density at radius 3 is 2.81 bits per heavy atom. The summed E-state index contributed by atoms with van der Waals surface area (Å²) in [6.45, 7) is 0.752. The lowest BCUT2D eigenvalue weighted by atomic mass is 10.2. The van der Waals surface area contributed by atoms with Gasteiger partial charge in [0, 0.05) is 24.5 Å². The van der Waals surface area contributed by atoms with Gasteiger partial charge in [0.05, 0.1) is 4.90 Å². The maximum absolute atomic E-state index is 12.1. The Hall–Kier alpha value is -1.48. The highest BCUT2D eigenvalue weighted by molar-refractivity contribution is 7.89. The molecule has 2 aromatic rings. The van der Waals surface area contributed by atoms with Crippen LogP contribution in [0.1, 0.15) is 11.4 Å². The summed E-state index contributed by atoms with van der Waals surface area (Å²) < 4.78 is 31.3. The number of benzene rings is 1. The number of rotatable bonds is 7. The minimum Gasteiger partial charge on any atom is -0.343 e. The summed E-state index contributed by atoms with van der Waals surface area (Å²) in [7, 11) is -1.82. The smallest absolute Gasteiger partial charge is 0.240 e. The van der Waals surface area contributed by atoms with Crippen LogP contribution in [0.15, 0.2) is 34.0 Å². The van der Waals surface area contributed by atoms with Crippen molar-refractivity contribution in [2.24, 2.45) is 0 Å². The van der Waals surface area contributed by atoms with Crippen LogP contribution in [0.2, 0.25) is 5.02 Å². The summed E-state index contributed by atoms with van der Waals surface area (Å²) in [6, 6.07) is 4.65. The van der Waals surface area contributed by atoms with Crippen LogP contribution in [0.3, 0.4) is 0 Å². The Kier molecular flexibility index (Phi) is 5.29. The molecular weight excluding hydrogens is 316 g/mol. The van der Waals surface area contributed by atoms with E-state index in [1.54, 1.807) is 13.1 Å². The van der Waals surface area contributed by atoms with Crippen LogP contribution in [0.4, 0.5) is 0 Å². The molecule has 7 nitrogen and oxygen atoms in total. The van der Waals surface area contributed by atoms with Crippen LogP contribution >= 0.6 is 11.6 Å². The van der Waals surface area contributed by atoms with Gasteiger partial charge in [0.1, 0.15) is 0 Å². The molecule has 1 aromatic heterocycles. The summed E-state index contributed by atoms with van der Waals surface area (Å²) in [5, 5.41) is 6.97. The van der Waals surface area contributed by atoms with Crippen molar-refractivity contribution in [1.82, 2.24) is 20.2 Å². The predicted octanol–water partition coefficient (Wildman–Crippen LogP) is 0.963. The lowest BCUT2D eigenvalue weighted by Gasteiger charge is -2.08. The minimum atomic E-state index is -3.61. The summed E-state index contributed by atoms with van der Waals surface area (Å²) in [5.74, 6) is 0.445. The topological polar surface area (TPSA) is 97.1 Å². The van der Waals surface area contributed by atoms with E-state index in [0.717, 1.165) is 5.56 Å². The number of nitrogens with zero attached hydrogens (tertiary/aromatic N) is 2. The van der Waals surface area contributed by atoms with Gasteiger partial charge < -0.3 is 9.84 Å². The Morgan fingerprint density at radius 2 is 2.19 bits per heavy atom. The Bertz CT molecular complexity index is 689. The second-order valence-corrected chi connectivity index (χ2v) is 6.45. The number of hydrogen-bond acceptors (Lipinski definition) is 6. The van der Waals surface area contributed by atoms with Gasteiger partial charge in [-0.25, -0.2) is 13.1 Å². The third-order valence-electron chi connectivity index (χ3n) is 2.75. The molecule has 0 amide bonds. The predicted molar refractivity (Wildman–Crippen MR) is 77.4 cm³/mol. The zero-order valence-electron chi connectivity index (χ0n) is 11.3. The van der Waals surface area contributed by atoms with Gasteiger partial charge >= 0.3 is 0 Å². The normalized spacial score (nSPS) is 11.7. The van der Waals surface area contributed by atoms with Crippen molar-refractivity contribution in [2.45, 2.75) is 17.9 Å². The summed E-state index contributed by atoms with van der Waals surface area (Å²) in [6.07, 6.45) is 1.55. The largest absolute Gasteiger partial charge is 0.343 e. The first kappa shape index (κ1) is 15.9. The van der Waals surface area contributed by atoms with Crippen molar-refractivity contribution >= 4 is 21.6 Å². The highest BCUT2D eigenvalue weighted by Crippen LogP contribution is 2.20. The second-order valence-electron chi connectivity index (χ2n) is 4.28. The van der Waals surface area contributed by atoms with E-state index in [0.29, 0.717) is 23.8 Å². The highest BCUT2D eigenvalue weighted by atomic mass is 35.5. The molecule has 0 bridgehead atoms. The Morgan fingerprint density at radius 1 is 1.38 bits per heavy atom. The molecule has 21 heavy (non-hydrogen) atoms. The van der Waals surface area contributed by atoms with Gasteiger partial charge in [-0.2, -0.15) is 4.98 Å². The van der Waals surface area contributed by atoms with E-state index in [1.165, 1.54) is 18.5 Å². The van der Waals surface area contributed by atoms with E-state index in [2.05, 4.69) is 24.7 Å². The van der Waals surface area contributed by atoms with E-state index in [1.807, 2.05) is 0 Å². The van der Waals surface area contributed by atoms with Gasteiger partial charge in [0.25, 0.3) is 0 Å². The molecule has 2 N–H and O–H groups in total. The van der Waals surface area contributed by atoms with Gasteiger partial charge in [-0.05, 0) is 24.7 Å². The zero-order valence-corrected chi connectivity index (χ0v) is 12.9. The van der Waals surface area contributed by atoms with Gasteiger partial charge in [-0.15, -0.1) is 0 Å². The fourth-order valence-electron chi connectivity index (χ4n) is 1.71. The van der Waals surface area contributed by atoms with Crippen molar-refractivity contribution < 1.29 is 12.9 Å². The minimum absolute atomic E-state index is 0.125. The first-order valence-electron chi connectivity index (χ1n) is 6.21. The van der Waals surface area contributed by atoms with Gasteiger partial charge in [0.2, 0.25) is 16.4 Å². The van der Waals surface area contributed by atoms with E-state index >= 15 is 0 Å². The lowest BCUT2D eigenvalue weighted by Crippen LogP contribution is -2.26. The van der Waals surface area contributed by atoms with Crippen LogP contribution in [-0.4, -0.2) is 32.2 Å². The van der Waals surface area contributed by atoms with Gasteiger partial charge in [-0.3, -0.25) is 0 Å². The van der Waals surface area contributed by atoms with E-state index < -0.39 is 10.0 Å². The monoisotopic (exact) mass is 330 g/mol. The van der Waals surface area contributed by atoms with Crippen LogP contribution in [0.5, 0.6) is 0 Å². The molecule has 0 aliphatic rings. The van der Waals surface area contributed by atoms with E-state index in [-0.39, 0.29) is 11.4 Å². The molecule has 1 aromatic carbocycles. The van der Waals surface area contributed by atoms with Crippen LogP contribution < -0.4 is 10.0 Å². The molecule has 0 atom stereocenters. The van der Waals surface area contributed by atoms with Crippen molar-refractivity contribution in [3.05, 3.63) is 41.0 Å². The maximum atomic E-state index is 12.1. The molecule has 0 saturated heterocycles.